The van der Waals surface area contributed by atoms with Crippen LogP contribution in [-0.4, -0.2) is 16.5 Å². The fourth-order valence-corrected chi connectivity index (χ4v) is 1.64. The molecule has 0 aliphatic carbocycles. The normalized spacial score (nSPS) is 10.6. The van der Waals surface area contributed by atoms with Crippen LogP contribution < -0.4 is 10.9 Å². The highest BCUT2D eigenvalue weighted by molar-refractivity contribution is 5.78. The van der Waals surface area contributed by atoms with Gasteiger partial charge in [0.25, 0.3) is 0 Å². The van der Waals surface area contributed by atoms with Crippen molar-refractivity contribution >= 4 is 16.9 Å². The summed E-state index contributed by atoms with van der Waals surface area (Å²) in [6, 6.07) is 7.96. The zero-order chi connectivity index (χ0) is 11.9. The number of anilines is 1. The Morgan fingerprint density at radius 3 is 2.94 bits per heavy atom. The van der Waals surface area contributed by atoms with Crippen molar-refractivity contribution in [1.82, 2.24) is 15.4 Å². The molecule has 2 aromatic rings. The smallest absolute Gasteiger partial charge is 0.237 e. The number of hydrogen-bond donors (Lipinski definition) is 2. The van der Waals surface area contributed by atoms with E-state index in [2.05, 4.69) is 27.7 Å². The molecule has 0 radical (unpaired) electrons. The Labute approximate surface area is 101 Å². The van der Waals surface area contributed by atoms with Crippen LogP contribution >= 0.6 is 0 Å². The van der Waals surface area contributed by atoms with Crippen molar-refractivity contribution < 1.29 is 0 Å². The Morgan fingerprint density at radius 1 is 1.18 bits per heavy atom. The summed E-state index contributed by atoms with van der Waals surface area (Å²) in [6.07, 6.45) is 5.47. The lowest BCUT2D eigenvalue weighted by Gasteiger charge is -2.06. The second-order valence-electron chi connectivity index (χ2n) is 4.01. The van der Waals surface area contributed by atoms with Gasteiger partial charge in [-0.2, -0.15) is 0 Å². The molecule has 0 aliphatic rings. The van der Waals surface area contributed by atoms with Gasteiger partial charge in [0.1, 0.15) is 0 Å². The van der Waals surface area contributed by atoms with Crippen LogP contribution in [0, 0.1) is 0 Å². The molecule has 0 bridgehead atoms. The van der Waals surface area contributed by atoms with Gasteiger partial charge >= 0.3 is 0 Å². The molecule has 0 aliphatic heterocycles. The molecule has 0 saturated carbocycles. The largest absolute Gasteiger partial charge is 0.290 e. The number of hydrazine groups is 1. The fraction of sp³-hybridized carbons (Fsp3) is 0.385. The minimum Gasteiger partial charge on any atom is -0.290 e. The summed E-state index contributed by atoms with van der Waals surface area (Å²) in [7, 11) is 0. The van der Waals surface area contributed by atoms with E-state index in [0.29, 0.717) is 5.95 Å². The van der Waals surface area contributed by atoms with Crippen molar-refractivity contribution in [2.75, 3.05) is 12.0 Å². The number of nitrogens with one attached hydrogen (secondary N) is 2. The van der Waals surface area contributed by atoms with E-state index in [0.717, 1.165) is 23.9 Å². The molecule has 2 N–H and O–H groups in total. The highest BCUT2D eigenvalue weighted by Crippen LogP contribution is 2.10. The summed E-state index contributed by atoms with van der Waals surface area (Å²) in [5, 5.41) is 1.06. The lowest BCUT2D eigenvalue weighted by Crippen LogP contribution is -2.24. The monoisotopic (exact) mass is 230 g/mol. The number of nitrogens with zero attached hydrogens (tertiary/aromatic N) is 2. The van der Waals surface area contributed by atoms with E-state index >= 15 is 0 Å². The minimum absolute atomic E-state index is 0.625. The predicted molar refractivity (Wildman–Crippen MR) is 70.7 cm³/mol. The highest BCUT2D eigenvalue weighted by Gasteiger charge is 1.97. The van der Waals surface area contributed by atoms with Crippen LogP contribution in [0.25, 0.3) is 10.9 Å². The summed E-state index contributed by atoms with van der Waals surface area (Å²) in [5.74, 6) is 0.625. The van der Waals surface area contributed by atoms with E-state index in [1.165, 1.54) is 12.8 Å². The number of fused-ring (bicyclic) bond motifs is 1. The van der Waals surface area contributed by atoms with Crippen LogP contribution in [-0.2, 0) is 0 Å². The first kappa shape index (κ1) is 11.8. The van der Waals surface area contributed by atoms with Crippen molar-refractivity contribution in [3.63, 3.8) is 0 Å². The average Bonchev–Trinajstić information content (AvgIpc) is 2.38. The van der Waals surface area contributed by atoms with Crippen molar-refractivity contribution in [3.8, 4) is 0 Å². The Bertz CT molecular complexity index is 470. The van der Waals surface area contributed by atoms with E-state index in [9.17, 15) is 0 Å². The third-order valence-electron chi connectivity index (χ3n) is 2.59. The van der Waals surface area contributed by atoms with Crippen LogP contribution in [0.3, 0.4) is 0 Å². The first-order chi connectivity index (χ1) is 8.40. The third-order valence-corrected chi connectivity index (χ3v) is 2.59. The summed E-state index contributed by atoms with van der Waals surface area (Å²) < 4.78 is 0. The van der Waals surface area contributed by atoms with Gasteiger partial charge in [-0.3, -0.25) is 5.43 Å². The van der Waals surface area contributed by atoms with Crippen LogP contribution in [0.5, 0.6) is 0 Å². The molecule has 1 aromatic carbocycles. The second-order valence-corrected chi connectivity index (χ2v) is 4.01. The quantitative estimate of drug-likeness (QED) is 0.592. The fourth-order valence-electron chi connectivity index (χ4n) is 1.64. The summed E-state index contributed by atoms with van der Waals surface area (Å²) >= 11 is 0. The second kappa shape index (κ2) is 6.15. The maximum atomic E-state index is 4.41. The van der Waals surface area contributed by atoms with Gasteiger partial charge in [-0.15, -0.1) is 0 Å². The van der Waals surface area contributed by atoms with Gasteiger partial charge in [0.05, 0.1) is 5.52 Å². The first-order valence-corrected chi connectivity index (χ1v) is 6.11. The third kappa shape index (κ3) is 3.39. The molecule has 0 spiro atoms. The number of aromatic nitrogens is 2. The molecule has 4 heteroatoms. The number of benzene rings is 1. The minimum atomic E-state index is 0.625. The van der Waals surface area contributed by atoms with Gasteiger partial charge < -0.3 is 0 Å². The average molecular weight is 230 g/mol. The number of rotatable bonds is 6. The Hall–Kier alpha value is -1.68. The van der Waals surface area contributed by atoms with Crippen molar-refractivity contribution in [2.45, 2.75) is 26.2 Å². The highest BCUT2D eigenvalue weighted by atomic mass is 15.4. The topological polar surface area (TPSA) is 49.8 Å². The lowest BCUT2D eigenvalue weighted by molar-refractivity contribution is 0.659. The van der Waals surface area contributed by atoms with Gasteiger partial charge in [-0.25, -0.2) is 15.4 Å². The molecule has 90 valence electrons. The Kier molecular flexibility index (Phi) is 4.27. The maximum Gasteiger partial charge on any atom is 0.237 e. The Morgan fingerprint density at radius 2 is 2.06 bits per heavy atom. The Balaban J connectivity index is 1.90. The number of hydrogen-bond acceptors (Lipinski definition) is 4. The zero-order valence-corrected chi connectivity index (χ0v) is 10.1. The molecule has 2 rings (SSSR count). The molecule has 0 saturated heterocycles. The van der Waals surface area contributed by atoms with Crippen LogP contribution in [0.4, 0.5) is 5.95 Å². The predicted octanol–water partition coefficient (Wildman–Crippen LogP) is 2.74. The summed E-state index contributed by atoms with van der Waals surface area (Å²) in [4.78, 5) is 8.65. The summed E-state index contributed by atoms with van der Waals surface area (Å²) in [5.41, 5.74) is 7.11. The molecule has 0 fully saturated rings. The van der Waals surface area contributed by atoms with Gasteiger partial charge in [0, 0.05) is 18.1 Å². The van der Waals surface area contributed by atoms with Crippen LogP contribution in [0.1, 0.15) is 26.2 Å². The summed E-state index contributed by atoms with van der Waals surface area (Å²) in [6.45, 7) is 3.13. The van der Waals surface area contributed by atoms with Gasteiger partial charge in [0.15, 0.2) is 0 Å². The van der Waals surface area contributed by atoms with E-state index in [4.69, 9.17) is 0 Å². The van der Waals surface area contributed by atoms with Crippen molar-refractivity contribution in [3.05, 3.63) is 30.5 Å². The van der Waals surface area contributed by atoms with Crippen LogP contribution in [0.15, 0.2) is 30.5 Å². The number of para-hydroxylation sites is 1. The molecular weight excluding hydrogens is 212 g/mol. The molecule has 0 unspecified atom stereocenters. The van der Waals surface area contributed by atoms with E-state index < -0.39 is 0 Å². The molecule has 17 heavy (non-hydrogen) atoms. The van der Waals surface area contributed by atoms with Gasteiger partial charge in [-0.05, 0) is 12.5 Å². The van der Waals surface area contributed by atoms with E-state index in [1.807, 2.05) is 30.5 Å². The zero-order valence-electron chi connectivity index (χ0n) is 10.1. The molecule has 1 heterocycles. The number of unbranched alkanes of at least 4 members (excludes halogenated alkanes) is 2. The molecule has 0 amide bonds. The van der Waals surface area contributed by atoms with E-state index in [1.54, 1.807) is 0 Å². The van der Waals surface area contributed by atoms with Gasteiger partial charge in [-0.1, -0.05) is 38.0 Å². The SMILES string of the molecule is CCCCCNNc1ncc2ccccc2n1. The molecule has 1 aromatic heterocycles. The van der Waals surface area contributed by atoms with Gasteiger partial charge in [0.2, 0.25) is 5.95 Å². The molecular formula is C13H18N4. The lowest BCUT2D eigenvalue weighted by atomic mass is 10.2. The van der Waals surface area contributed by atoms with Crippen molar-refractivity contribution in [2.24, 2.45) is 0 Å². The van der Waals surface area contributed by atoms with E-state index in [-0.39, 0.29) is 0 Å². The van der Waals surface area contributed by atoms with Crippen molar-refractivity contribution in [1.29, 1.82) is 0 Å². The maximum absolute atomic E-state index is 4.41. The van der Waals surface area contributed by atoms with Crippen LogP contribution in [0.2, 0.25) is 0 Å². The molecule has 0 atom stereocenters. The standard InChI is InChI=1S/C13H18N4/c1-2-3-6-9-15-17-13-14-10-11-7-4-5-8-12(11)16-13/h4-5,7-8,10,15H,2-3,6,9H2,1H3,(H,14,16,17). The molecule has 4 nitrogen and oxygen atoms in total. The first-order valence-electron chi connectivity index (χ1n) is 6.11.